The number of ketones is 1. The van der Waals surface area contributed by atoms with Gasteiger partial charge in [0.2, 0.25) is 0 Å². The fraction of sp³-hybridized carbons (Fsp3) is 0.333. The molecule has 0 radical (unpaired) electrons. The van der Waals surface area contributed by atoms with Gasteiger partial charge in [-0.25, -0.2) is 4.79 Å². The third-order valence-electron chi connectivity index (χ3n) is 3.20. The van der Waals surface area contributed by atoms with Gasteiger partial charge < -0.3 is 9.14 Å². The van der Waals surface area contributed by atoms with Crippen LogP contribution in [0.2, 0.25) is 0 Å². The van der Waals surface area contributed by atoms with Gasteiger partial charge in [-0.15, -0.1) is 0 Å². The molecule has 0 saturated heterocycles. The monoisotopic (exact) mass is 337 g/mol. The standard InChI is InChI=1S/C15H16BrNO3/c1-4-13(18)12-7-11-6-10(16)8-17(11)14(9(12)3)15(19)20-5-2/h6-8H,4-5H2,1-3H3. The van der Waals surface area contributed by atoms with Crippen molar-refractivity contribution < 1.29 is 14.3 Å². The van der Waals surface area contributed by atoms with Gasteiger partial charge in [0.25, 0.3) is 0 Å². The number of Topliss-reactive ketones (excluding diaryl/α,β-unsaturated/α-hetero) is 1. The molecule has 20 heavy (non-hydrogen) atoms. The summed E-state index contributed by atoms with van der Waals surface area (Å²) in [4.78, 5) is 24.2. The summed E-state index contributed by atoms with van der Waals surface area (Å²) in [6.07, 6.45) is 2.20. The minimum atomic E-state index is -0.413. The number of aromatic nitrogens is 1. The first-order chi connectivity index (χ1) is 9.49. The van der Waals surface area contributed by atoms with Gasteiger partial charge >= 0.3 is 5.97 Å². The Morgan fingerprint density at radius 1 is 1.30 bits per heavy atom. The van der Waals surface area contributed by atoms with E-state index in [-0.39, 0.29) is 5.78 Å². The van der Waals surface area contributed by atoms with E-state index >= 15 is 0 Å². The van der Waals surface area contributed by atoms with Gasteiger partial charge in [0, 0.05) is 28.2 Å². The van der Waals surface area contributed by atoms with E-state index in [1.807, 2.05) is 19.1 Å². The van der Waals surface area contributed by atoms with Crippen molar-refractivity contribution in [1.29, 1.82) is 0 Å². The molecular weight excluding hydrogens is 322 g/mol. The quantitative estimate of drug-likeness (QED) is 0.630. The average molecular weight is 338 g/mol. The largest absolute Gasteiger partial charge is 0.461 e. The van der Waals surface area contributed by atoms with Crippen LogP contribution >= 0.6 is 15.9 Å². The van der Waals surface area contributed by atoms with Crippen molar-refractivity contribution in [3.05, 3.63) is 39.6 Å². The van der Waals surface area contributed by atoms with Crippen LogP contribution in [-0.4, -0.2) is 22.8 Å². The van der Waals surface area contributed by atoms with Crippen LogP contribution in [0.25, 0.3) is 5.52 Å². The van der Waals surface area contributed by atoms with Gasteiger partial charge in [-0.3, -0.25) is 4.79 Å². The third-order valence-corrected chi connectivity index (χ3v) is 3.63. The van der Waals surface area contributed by atoms with E-state index in [4.69, 9.17) is 4.74 Å². The molecule has 0 atom stereocenters. The van der Waals surface area contributed by atoms with Crippen molar-refractivity contribution in [1.82, 2.24) is 4.40 Å². The second-order valence-electron chi connectivity index (χ2n) is 4.48. The highest BCUT2D eigenvalue weighted by atomic mass is 79.9. The summed E-state index contributed by atoms with van der Waals surface area (Å²) in [5.74, 6) is -0.392. The Kier molecular flexibility index (Phi) is 4.28. The molecule has 0 aromatic carbocycles. The van der Waals surface area contributed by atoms with Crippen LogP contribution in [0.3, 0.4) is 0 Å². The molecule has 5 heteroatoms. The van der Waals surface area contributed by atoms with Crippen molar-refractivity contribution in [2.45, 2.75) is 27.2 Å². The first-order valence-electron chi connectivity index (χ1n) is 6.51. The van der Waals surface area contributed by atoms with E-state index in [1.165, 1.54) is 0 Å². The molecule has 0 fully saturated rings. The smallest absolute Gasteiger partial charge is 0.355 e. The maximum atomic E-state index is 12.2. The topological polar surface area (TPSA) is 47.8 Å². The zero-order valence-corrected chi connectivity index (χ0v) is 13.3. The number of pyridine rings is 1. The fourth-order valence-electron chi connectivity index (χ4n) is 2.25. The molecule has 0 bridgehead atoms. The van der Waals surface area contributed by atoms with Crippen LogP contribution in [0, 0.1) is 6.92 Å². The van der Waals surface area contributed by atoms with Crippen LogP contribution in [0.15, 0.2) is 22.8 Å². The second kappa shape index (κ2) is 5.79. The summed E-state index contributed by atoms with van der Waals surface area (Å²) < 4.78 is 7.71. The van der Waals surface area contributed by atoms with E-state index in [2.05, 4.69) is 15.9 Å². The van der Waals surface area contributed by atoms with Crippen molar-refractivity contribution >= 4 is 33.2 Å². The van der Waals surface area contributed by atoms with E-state index in [0.717, 1.165) is 9.99 Å². The lowest BCUT2D eigenvalue weighted by molar-refractivity contribution is 0.0517. The molecule has 0 unspecified atom stereocenters. The number of rotatable bonds is 4. The lowest BCUT2D eigenvalue weighted by Gasteiger charge is -2.12. The number of hydrogen-bond acceptors (Lipinski definition) is 3. The number of carbonyl (C=O) groups excluding carboxylic acids is 2. The molecule has 0 saturated carbocycles. The maximum absolute atomic E-state index is 12.2. The highest BCUT2D eigenvalue weighted by molar-refractivity contribution is 9.10. The number of esters is 1. The van der Waals surface area contributed by atoms with Gasteiger partial charge in [0.15, 0.2) is 5.78 Å². The minimum Gasteiger partial charge on any atom is -0.461 e. The zero-order valence-electron chi connectivity index (χ0n) is 11.7. The van der Waals surface area contributed by atoms with Crippen molar-refractivity contribution in [3.63, 3.8) is 0 Å². The van der Waals surface area contributed by atoms with E-state index in [0.29, 0.717) is 29.8 Å². The Hall–Kier alpha value is -1.62. The Bertz CT molecular complexity index is 688. The SMILES string of the molecule is CCOC(=O)c1c(C)c(C(=O)CC)cc2cc(Br)cn12. The van der Waals surface area contributed by atoms with Crippen LogP contribution in [-0.2, 0) is 4.74 Å². The van der Waals surface area contributed by atoms with Gasteiger partial charge in [-0.2, -0.15) is 0 Å². The molecule has 2 aromatic heterocycles. The summed E-state index contributed by atoms with van der Waals surface area (Å²) in [5.41, 5.74) is 2.44. The molecule has 0 aliphatic carbocycles. The molecule has 2 rings (SSSR count). The molecular formula is C15H16BrNO3. The first-order valence-corrected chi connectivity index (χ1v) is 7.30. The number of halogens is 1. The number of nitrogens with zero attached hydrogens (tertiary/aromatic N) is 1. The number of ether oxygens (including phenoxy) is 1. The van der Waals surface area contributed by atoms with Crippen molar-refractivity contribution in [2.75, 3.05) is 6.61 Å². The zero-order chi connectivity index (χ0) is 14.9. The predicted molar refractivity (Wildman–Crippen MR) is 80.4 cm³/mol. The molecule has 4 nitrogen and oxygen atoms in total. The summed E-state index contributed by atoms with van der Waals surface area (Å²) in [5, 5.41) is 0. The second-order valence-corrected chi connectivity index (χ2v) is 5.40. The van der Waals surface area contributed by atoms with Crippen LogP contribution in [0.4, 0.5) is 0 Å². The van der Waals surface area contributed by atoms with Gasteiger partial charge in [-0.05, 0) is 47.5 Å². The van der Waals surface area contributed by atoms with Crippen LogP contribution < -0.4 is 0 Å². The Morgan fingerprint density at radius 2 is 2.00 bits per heavy atom. The van der Waals surface area contributed by atoms with Crippen molar-refractivity contribution in [2.24, 2.45) is 0 Å². The van der Waals surface area contributed by atoms with E-state index in [1.54, 1.807) is 24.4 Å². The van der Waals surface area contributed by atoms with Crippen LogP contribution in [0.5, 0.6) is 0 Å². The van der Waals surface area contributed by atoms with E-state index in [9.17, 15) is 9.59 Å². The Balaban J connectivity index is 2.76. The predicted octanol–water partition coefficient (Wildman–Crippen LogP) is 3.78. The highest BCUT2D eigenvalue weighted by Crippen LogP contribution is 2.24. The lowest BCUT2D eigenvalue weighted by Crippen LogP contribution is -2.15. The van der Waals surface area contributed by atoms with Gasteiger partial charge in [-0.1, -0.05) is 6.92 Å². The van der Waals surface area contributed by atoms with Crippen LogP contribution in [0.1, 0.15) is 46.7 Å². The highest BCUT2D eigenvalue weighted by Gasteiger charge is 2.20. The maximum Gasteiger partial charge on any atom is 0.355 e. The summed E-state index contributed by atoms with van der Waals surface area (Å²) >= 11 is 3.39. The molecule has 2 aromatic rings. The molecule has 0 amide bonds. The molecule has 0 aliphatic rings. The molecule has 0 spiro atoms. The van der Waals surface area contributed by atoms with Gasteiger partial charge in [0.05, 0.1) is 6.61 Å². The summed E-state index contributed by atoms with van der Waals surface area (Å²) in [6, 6.07) is 3.68. The minimum absolute atomic E-state index is 0.0212. The Morgan fingerprint density at radius 3 is 2.60 bits per heavy atom. The molecule has 106 valence electrons. The fourth-order valence-corrected chi connectivity index (χ4v) is 2.69. The Labute approximate surface area is 125 Å². The number of fused-ring (bicyclic) bond motifs is 1. The third kappa shape index (κ3) is 2.50. The normalized spacial score (nSPS) is 10.8. The molecule has 0 N–H and O–H groups in total. The van der Waals surface area contributed by atoms with E-state index < -0.39 is 5.97 Å². The molecule has 2 heterocycles. The summed E-state index contributed by atoms with van der Waals surface area (Å²) in [7, 11) is 0. The average Bonchev–Trinajstić information content (AvgIpc) is 2.77. The molecule has 0 aliphatic heterocycles. The first kappa shape index (κ1) is 14.8. The number of hydrogen-bond donors (Lipinski definition) is 0. The van der Waals surface area contributed by atoms with Gasteiger partial charge in [0.1, 0.15) is 5.69 Å². The van der Waals surface area contributed by atoms with Crippen molar-refractivity contribution in [3.8, 4) is 0 Å². The summed E-state index contributed by atoms with van der Waals surface area (Å²) in [6.45, 7) is 5.65. The lowest BCUT2D eigenvalue weighted by atomic mass is 10.0. The number of carbonyl (C=O) groups is 2.